The van der Waals surface area contributed by atoms with Crippen LogP contribution in [0.25, 0.3) is 0 Å². The van der Waals surface area contributed by atoms with Gasteiger partial charge in [0.25, 0.3) is 10.1 Å². The summed E-state index contributed by atoms with van der Waals surface area (Å²) in [6, 6.07) is 5.50. The third-order valence-electron chi connectivity index (χ3n) is 1.76. The molecule has 90 valence electrons. The molecule has 0 aliphatic heterocycles. The quantitative estimate of drug-likeness (QED) is 0.614. The van der Waals surface area contributed by atoms with Crippen LogP contribution in [-0.4, -0.2) is 20.4 Å². The molecule has 1 rings (SSSR count). The van der Waals surface area contributed by atoms with Crippen molar-refractivity contribution in [2.24, 2.45) is 0 Å². The third-order valence-corrected chi connectivity index (χ3v) is 3.54. The Balaban J connectivity index is 2.75. The standard InChI is InChI=1S/C10H13ClO3S2/c1-3-15-9-5-4-8(10(11)6-9)7-14-16(2,12)13/h4-6H,3,7H2,1-2H3. The molecule has 0 aliphatic rings. The Morgan fingerprint density at radius 2 is 2.12 bits per heavy atom. The molecule has 0 bridgehead atoms. The number of hydrogen-bond donors (Lipinski definition) is 0. The first-order valence-corrected chi connectivity index (χ1v) is 7.86. The molecular weight excluding hydrogens is 268 g/mol. The smallest absolute Gasteiger partial charge is 0.264 e. The molecule has 0 spiro atoms. The number of benzene rings is 1. The van der Waals surface area contributed by atoms with Crippen LogP contribution in [0.2, 0.25) is 5.02 Å². The Labute approximate surface area is 105 Å². The Kier molecular flexibility index (Phi) is 5.11. The second-order valence-electron chi connectivity index (χ2n) is 3.15. The van der Waals surface area contributed by atoms with E-state index in [0.717, 1.165) is 16.9 Å². The minimum atomic E-state index is -3.42. The largest absolute Gasteiger partial charge is 0.265 e. The molecule has 0 unspecified atom stereocenters. The summed E-state index contributed by atoms with van der Waals surface area (Å²) < 4.78 is 26.3. The van der Waals surface area contributed by atoms with Crippen molar-refractivity contribution in [2.75, 3.05) is 12.0 Å². The normalized spacial score (nSPS) is 11.7. The van der Waals surface area contributed by atoms with E-state index in [2.05, 4.69) is 11.1 Å². The molecule has 16 heavy (non-hydrogen) atoms. The fourth-order valence-electron chi connectivity index (χ4n) is 1.07. The topological polar surface area (TPSA) is 43.4 Å². The average Bonchev–Trinajstić information content (AvgIpc) is 2.15. The fourth-order valence-corrected chi connectivity index (χ4v) is 2.41. The van der Waals surface area contributed by atoms with Crippen molar-refractivity contribution >= 4 is 33.5 Å². The highest BCUT2D eigenvalue weighted by Crippen LogP contribution is 2.25. The van der Waals surface area contributed by atoms with Crippen LogP contribution in [0.5, 0.6) is 0 Å². The van der Waals surface area contributed by atoms with E-state index in [1.165, 1.54) is 0 Å². The lowest BCUT2D eigenvalue weighted by Crippen LogP contribution is -2.02. The van der Waals surface area contributed by atoms with Crippen molar-refractivity contribution in [2.45, 2.75) is 18.4 Å². The lowest BCUT2D eigenvalue weighted by atomic mass is 10.2. The van der Waals surface area contributed by atoms with E-state index >= 15 is 0 Å². The predicted octanol–water partition coefficient (Wildman–Crippen LogP) is 2.93. The van der Waals surface area contributed by atoms with E-state index in [9.17, 15) is 8.42 Å². The van der Waals surface area contributed by atoms with Crippen LogP contribution in [0.1, 0.15) is 12.5 Å². The van der Waals surface area contributed by atoms with Gasteiger partial charge in [0.1, 0.15) is 0 Å². The fraction of sp³-hybridized carbons (Fsp3) is 0.400. The first-order valence-electron chi connectivity index (χ1n) is 4.68. The lowest BCUT2D eigenvalue weighted by Gasteiger charge is -2.06. The molecule has 0 saturated carbocycles. The van der Waals surface area contributed by atoms with Gasteiger partial charge in [-0.15, -0.1) is 11.8 Å². The highest BCUT2D eigenvalue weighted by molar-refractivity contribution is 7.99. The number of rotatable bonds is 5. The Morgan fingerprint density at radius 1 is 1.44 bits per heavy atom. The van der Waals surface area contributed by atoms with Crippen molar-refractivity contribution in [3.8, 4) is 0 Å². The summed E-state index contributed by atoms with van der Waals surface area (Å²) in [6.45, 7) is 2.04. The van der Waals surface area contributed by atoms with Crippen LogP contribution in [0.4, 0.5) is 0 Å². The van der Waals surface area contributed by atoms with Gasteiger partial charge in [0.2, 0.25) is 0 Å². The molecule has 0 amide bonds. The van der Waals surface area contributed by atoms with Gasteiger partial charge in [-0.2, -0.15) is 8.42 Å². The van der Waals surface area contributed by atoms with Gasteiger partial charge in [-0.3, -0.25) is 4.18 Å². The highest BCUT2D eigenvalue weighted by atomic mass is 35.5. The van der Waals surface area contributed by atoms with Crippen molar-refractivity contribution in [1.29, 1.82) is 0 Å². The Bertz CT molecular complexity index is 457. The summed E-state index contributed by atoms with van der Waals surface area (Å²) in [5.41, 5.74) is 0.674. The summed E-state index contributed by atoms with van der Waals surface area (Å²) in [6.07, 6.45) is 1.02. The summed E-state index contributed by atoms with van der Waals surface area (Å²) in [4.78, 5) is 1.07. The van der Waals surface area contributed by atoms with Crippen molar-refractivity contribution in [3.05, 3.63) is 28.8 Å². The van der Waals surface area contributed by atoms with Crippen LogP contribution >= 0.6 is 23.4 Å². The molecule has 0 atom stereocenters. The van der Waals surface area contributed by atoms with E-state index in [-0.39, 0.29) is 6.61 Å². The molecule has 1 aromatic carbocycles. The van der Waals surface area contributed by atoms with Gasteiger partial charge in [-0.25, -0.2) is 0 Å². The van der Waals surface area contributed by atoms with Gasteiger partial charge in [-0.1, -0.05) is 24.6 Å². The predicted molar refractivity (Wildman–Crippen MR) is 67.5 cm³/mol. The Hall–Kier alpha value is -0.230. The van der Waals surface area contributed by atoms with Crippen molar-refractivity contribution < 1.29 is 12.6 Å². The maximum Gasteiger partial charge on any atom is 0.264 e. The van der Waals surface area contributed by atoms with Gasteiger partial charge in [-0.05, 0) is 23.4 Å². The first kappa shape index (κ1) is 13.8. The van der Waals surface area contributed by atoms with E-state index in [1.54, 1.807) is 17.8 Å². The minimum absolute atomic E-state index is 0.0191. The summed E-state index contributed by atoms with van der Waals surface area (Å²) in [7, 11) is -3.42. The number of halogens is 1. The molecular formula is C10H13ClO3S2. The summed E-state index contributed by atoms with van der Waals surface area (Å²) in [5, 5.41) is 0.530. The van der Waals surface area contributed by atoms with Gasteiger partial charge in [0.15, 0.2) is 0 Å². The molecule has 6 heteroatoms. The second-order valence-corrected chi connectivity index (χ2v) is 6.54. The van der Waals surface area contributed by atoms with Gasteiger partial charge < -0.3 is 0 Å². The molecule has 0 fully saturated rings. The van der Waals surface area contributed by atoms with E-state index < -0.39 is 10.1 Å². The van der Waals surface area contributed by atoms with Crippen molar-refractivity contribution in [3.63, 3.8) is 0 Å². The van der Waals surface area contributed by atoms with Crippen LogP contribution in [-0.2, 0) is 20.9 Å². The summed E-state index contributed by atoms with van der Waals surface area (Å²) in [5.74, 6) is 0.968. The maximum atomic E-state index is 10.8. The molecule has 0 aliphatic carbocycles. The molecule has 0 radical (unpaired) electrons. The van der Waals surface area contributed by atoms with E-state index in [4.69, 9.17) is 11.6 Å². The molecule has 0 N–H and O–H groups in total. The molecule has 1 aromatic rings. The Morgan fingerprint density at radius 3 is 2.62 bits per heavy atom. The zero-order valence-electron chi connectivity index (χ0n) is 9.07. The van der Waals surface area contributed by atoms with Crippen LogP contribution < -0.4 is 0 Å². The van der Waals surface area contributed by atoms with Crippen LogP contribution in [0, 0.1) is 0 Å². The first-order chi connectivity index (χ1) is 7.42. The second kappa shape index (κ2) is 5.91. The van der Waals surface area contributed by atoms with Gasteiger partial charge in [0, 0.05) is 9.92 Å². The van der Waals surface area contributed by atoms with E-state index in [1.807, 2.05) is 12.1 Å². The minimum Gasteiger partial charge on any atom is -0.265 e. The molecule has 0 heterocycles. The van der Waals surface area contributed by atoms with E-state index in [0.29, 0.717) is 10.6 Å². The number of hydrogen-bond acceptors (Lipinski definition) is 4. The zero-order valence-corrected chi connectivity index (χ0v) is 11.5. The average molecular weight is 281 g/mol. The molecule has 0 saturated heterocycles. The van der Waals surface area contributed by atoms with Crippen LogP contribution in [0.15, 0.2) is 23.1 Å². The zero-order chi connectivity index (χ0) is 12.2. The SMILES string of the molecule is CCSc1ccc(COS(C)(=O)=O)c(Cl)c1. The van der Waals surface area contributed by atoms with Crippen LogP contribution in [0.3, 0.4) is 0 Å². The monoisotopic (exact) mass is 280 g/mol. The van der Waals surface area contributed by atoms with Gasteiger partial charge >= 0.3 is 0 Å². The third kappa shape index (κ3) is 4.74. The maximum absolute atomic E-state index is 10.8. The number of thioether (sulfide) groups is 1. The molecule has 0 aromatic heterocycles. The lowest BCUT2D eigenvalue weighted by molar-refractivity contribution is 0.311. The summed E-state index contributed by atoms with van der Waals surface area (Å²) >= 11 is 7.68. The molecule has 3 nitrogen and oxygen atoms in total. The van der Waals surface area contributed by atoms with Crippen molar-refractivity contribution in [1.82, 2.24) is 0 Å². The highest BCUT2D eigenvalue weighted by Gasteiger charge is 2.06. The van der Waals surface area contributed by atoms with Gasteiger partial charge in [0.05, 0.1) is 12.9 Å².